The SMILES string of the molecule is CN(C(=O)COC(=O)c1ccc2ccccc2c1)c1ccccc1. The lowest BCUT2D eigenvalue weighted by Gasteiger charge is -2.17. The van der Waals surface area contributed by atoms with E-state index in [0.29, 0.717) is 5.56 Å². The van der Waals surface area contributed by atoms with E-state index in [9.17, 15) is 9.59 Å². The van der Waals surface area contributed by atoms with Gasteiger partial charge in [0, 0.05) is 12.7 Å². The van der Waals surface area contributed by atoms with Crippen molar-refractivity contribution in [3.63, 3.8) is 0 Å². The molecule has 0 aliphatic rings. The zero-order chi connectivity index (χ0) is 16.9. The monoisotopic (exact) mass is 319 g/mol. The molecular formula is C20H17NO3. The van der Waals surface area contributed by atoms with E-state index >= 15 is 0 Å². The zero-order valence-corrected chi connectivity index (χ0v) is 13.3. The Hall–Kier alpha value is -3.14. The number of fused-ring (bicyclic) bond motifs is 1. The molecule has 4 nitrogen and oxygen atoms in total. The zero-order valence-electron chi connectivity index (χ0n) is 13.3. The fourth-order valence-corrected chi connectivity index (χ4v) is 2.42. The summed E-state index contributed by atoms with van der Waals surface area (Å²) in [5.41, 5.74) is 1.19. The van der Waals surface area contributed by atoms with Crippen LogP contribution in [0.15, 0.2) is 72.8 Å². The van der Waals surface area contributed by atoms with E-state index < -0.39 is 5.97 Å². The average molecular weight is 319 g/mol. The highest BCUT2D eigenvalue weighted by atomic mass is 16.5. The number of ether oxygens (including phenoxy) is 1. The van der Waals surface area contributed by atoms with E-state index in [1.54, 1.807) is 19.2 Å². The van der Waals surface area contributed by atoms with Crippen LogP contribution in [0.2, 0.25) is 0 Å². The Bertz CT molecular complexity index is 874. The van der Waals surface area contributed by atoms with Crippen molar-refractivity contribution in [2.75, 3.05) is 18.6 Å². The van der Waals surface area contributed by atoms with Gasteiger partial charge in [0.25, 0.3) is 5.91 Å². The van der Waals surface area contributed by atoms with Crippen molar-refractivity contribution >= 4 is 28.3 Å². The molecule has 0 bridgehead atoms. The van der Waals surface area contributed by atoms with E-state index in [1.165, 1.54) is 4.90 Å². The number of carbonyl (C=O) groups is 2. The highest BCUT2D eigenvalue weighted by molar-refractivity contribution is 5.98. The Morgan fingerprint density at radius 3 is 2.29 bits per heavy atom. The predicted molar refractivity (Wildman–Crippen MR) is 94.1 cm³/mol. The number of hydrogen-bond acceptors (Lipinski definition) is 3. The Morgan fingerprint density at radius 2 is 1.54 bits per heavy atom. The van der Waals surface area contributed by atoms with Crippen LogP contribution in [0.3, 0.4) is 0 Å². The summed E-state index contributed by atoms with van der Waals surface area (Å²) in [5, 5.41) is 2.01. The number of carbonyl (C=O) groups excluding carboxylic acids is 2. The third-order valence-corrected chi connectivity index (χ3v) is 3.83. The lowest BCUT2D eigenvalue weighted by molar-refractivity contribution is -0.121. The normalized spacial score (nSPS) is 10.4. The fraction of sp³-hybridized carbons (Fsp3) is 0.100. The maximum atomic E-state index is 12.2. The van der Waals surface area contributed by atoms with Crippen LogP contribution in [0.25, 0.3) is 10.8 Å². The van der Waals surface area contributed by atoms with Gasteiger partial charge in [-0.05, 0) is 35.0 Å². The highest BCUT2D eigenvalue weighted by Crippen LogP contribution is 2.16. The van der Waals surface area contributed by atoms with E-state index in [2.05, 4.69) is 0 Å². The summed E-state index contributed by atoms with van der Waals surface area (Å²) >= 11 is 0. The summed E-state index contributed by atoms with van der Waals surface area (Å²) in [6, 6.07) is 22.3. The number of nitrogens with zero attached hydrogens (tertiary/aromatic N) is 1. The first-order chi connectivity index (χ1) is 11.6. The van der Waals surface area contributed by atoms with Crippen molar-refractivity contribution in [1.82, 2.24) is 0 Å². The number of para-hydroxylation sites is 1. The lowest BCUT2D eigenvalue weighted by Crippen LogP contribution is -2.31. The second-order valence-corrected chi connectivity index (χ2v) is 5.43. The third-order valence-electron chi connectivity index (χ3n) is 3.83. The maximum absolute atomic E-state index is 12.2. The van der Waals surface area contributed by atoms with Crippen molar-refractivity contribution in [3.8, 4) is 0 Å². The van der Waals surface area contributed by atoms with E-state index in [0.717, 1.165) is 16.5 Å². The van der Waals surface area contributed by atoms with Crippen molar-refractivity contribution < 1.29 is 14.3 Å². The number of benzene rings is 3. The minimum Gasteiger partial charge on any atom is -0.452 e. The van der Waals surface area contributed by atoms with E-state index in [4.69, 9.17) is 4.74 Å². The summed E-state index contributed by atoms with van der Waals surface area (Å²) in [7, 11) is 1.65. The smallest absolute Gasteiger partial charge is 0.338 e. The van der Waals surface area contributed by atoms with Crippen LogP contribution in [0.1, 0.15) is 10.4 Å². The van der Waals surface area contributed by atoms with Gasteiger partial charge in [-0.15, -0.1) is 0 Å². The lowest BCUT2D eigenvalue weighted by atomic mass is 10.1. The Labute approximate surface area is 140 Å². The molecule has 0 spiro atoms. The van der Waals surface area contributed by atoms with Crippen molar-refractivity contribution in [2.24, 2.45) is 0 Å². The number of likely N-dealkylation sites (N-methyl/N-ethyl adjacent to an activating group) is 1. The number of hydrogen-bond donors (Lipinski definition) is 0. The van der Waals surface area contributed by atoms with Crippen molar-refractivity contribution in [1.29, 1.82) is 0 Å². The molecule has 0 aliphatic heterocycles. The molecule has 24 heavy (non-hydrogen) atoms. The molecule has 0 aromatic heterocycles. The van der Waals surface area contributed by atoms with Gasteiger partial charge in [-0.2, -0.15) is 0 Å². The van der Waals surface area contributed by atoms with Crippen molar-refractivity contribution in [3.05, 3.63) is 78.4 Å². The van der Waals surface area contributed by atoms with Gasteiger partial charge in [-0.3, -0.25) is 4.79 Å². The Kier molecular flexibility index (Phi) is 4.57. The molecule has 0 saturated carbocycles. The predicted octanol–water partition coefficient (Wildman–Crippen LogP) is 3.66. The van der Waals surface area contributed by atoms with Gasteiger partial charge >= 0.3 is 5.97 Å². The quantitative estimate of drug-likeness (QED) is 0.690. The van der Waals surface area contributed by atoms with Crippen LogP contribution < -0.4 is 4.90 Å². The van der Waals surface area contributed by atoms with Gasteiger partial charge < -0.3 is 9.64 Å². The fourth-order valence-electron chi connectivity index (χ4n) is 2.42. The largest absolute Gasteiger partial charge is 0.452 e. The Balaban J connectivity index is 1.65. The van der Waals surface area contributed by atoms with E-state index in [1.807, 2.05) is 60.7 Å². The summed E-state index contributed by atoms with van der Waals surface area (Å²) in [6.07, 6.45) is 0. The van der Waals surface area contributed by atoms with Crippen LogP contribution in [0.4, 0.5) is 5.69 Å². The molecule has 0 aliphatic carbocycles. The molecule has 3 aromatic carbocycles. The van der Waals surface area contributed by atoms with Crippen LogP contribution >= 0.6 is 0 Å². The second-order valence-electron chi connectivity index (χ2n) is 5.43. The molecule has 0 atom stereocenters. The first-order valence-electron chi connectivity index (χ1n) is 7.63. The second kappa shape index (κ2) is 6.96. The van der Waals surface area contributed by atoms with Gasteiger partial charge in [0.1, 0.15) is 0 Å². The molecule has 0 heterocycles. The number of esters is 1. The molecule has 1 amide bonds. The molecule has 0 radical (unpaired) electrons. The molecule has 120 valence electrons. The minimum atomic E-state index is -0.504. The molecule has 0 fully saturated rings. The molecule has 3 rings (SSSR count). The van der Waals surface area contributed by atoms with E-state index in [-0.39, 0.29) is 12.5 Å². The van der Waals surface area contributed by atoms with Gasteiger partial charge in [0.2, 0.25) is 0 Å². The number of amides is 1. The van der Waals surface area contributed by atoms with Gasteiger partial charge in [0.05, 0.1) is 5.56 Å². The standard InChI is InChI=1S/C20H17NO3/c1-21(18-9-3-2-4-10-18)19(22)14-24-20(23)17-12-11-15-7-5-6-8-16(15)13-17/h2-13H,14H2,1H3. The van der Waals surface area contributed by atoms with Gasteiger partial charge in [0.15, 0.2) is 6.61 Å². The third kappa shape index (κ3) is 3.43. The first kappa shape index (κ1) is 15.7. The molecule has 0 unspecified atom stereocenters. The maximum Gasteiger partial charge on any atom is 0.338 e. The highest BCUT2D eigenvalue weighted by Gasteiger charge is 2.14. The van der Waals surface area contributed by atoms with Crippen LogP contribution in [-0.4, -0.2) is 25.5 Å². The molecule has 0 saturated heterocycles. The van der Waals surface area contributed by atoms with Crippen molar-refractivity contribution in [2.45, 2.75) is 0 Å². The summed E-state index contributed by atoms with van der Waals surface area (Å²) in [5.74, 6) is -0.786. The van der Waals surface area contributed by atoms with Crippen LogP contribution in [0.5, 0.6) is 0 Å². The van der Waals surface area contributed by atoms with Gasteiger partial charge in [-0.1, -0.05) is 48.5 Å². The molecule has 4 heteroatoms. The summed E-state index contributed by atoms with van der Waals surface area (Å²) < 4.78 is 5.15. The topological polar surface area (TPSA) is 46.6 Å². The molecular weight excluding hydrogens is 302 g/mol. The number of anilines is 1. The summed E-state index contributed by atoms with van der Waals surface area (Å²) in [4.78, 5) is 25.8. The first-order valence-corrected chi connectivity index (χ1v) is 7.63. The van der Waals surface area contributed by atoms with Crippen LogP contribution in [-0.2, 0) is 9.53 Å². The molecule has 0 N–H and O–H groups in total. The molecule has 3 aromatic rings. The average Bonchev–Trinajstić information content (AvgIpc) is 2.65. The summed E-state index contributed by atoms with van der Waals surface area (Å²) in [6.45, 7) is -0.295. The minimum absolute atomic E-state index is 0.282. The van der Waals surface area contributed by atoms with Crippen LogP contribution in [0, 0.1) is 0 Å². The van der Waals surface area contributed by atoms with Gasteiger partial charge in [-0.25, -0.2) is 4.79 Å². The Morgan fingerprint density at radius 1 is 0.875 bits per heavy atom. The number of rotatable bonds is 4.